The summed E-state index contributed by atoms with van der Waals surface area (Å²) < 4.78 is 10.4. The van der Waals surface area contributed by atoms with E-state index in [9.17, 15) is 9.59 Å². The Morgan fingerprint density at radius 2 is 2.14 bits per heavy atom. The number of carbonyl (C=O) groups is 2. The molecule has 1 atom stereocenters. The Balaban J connectivity index is 1.79. The van der Waals surface area contributed by atoms with Gasteiger partial charge in [0.25, 0.3) is 5.91 Å². The molecule has 1 unspecified atom stereocenters. The minimum absolute atomic E-state index is 0.0970. The van der Waals surface area contributed by atoms with Crippen LogP contribution in [-0.4, -0.2) is 36.0 Å². The van der Waals surface area contributed by atoms with Gasteiger partial charge in [-0.05, 0) is 43.0 Å². The van der Waals surface area contributed by atoms with Crippen molar-refractivity contribution in [3.63, 3.8) is 0 Å². The number of hydrogen-bond acceptors (Lipinski definition) is 4. The number of amides is 1. The summed E-state index contributed by atoms with van der Waals surface area (Å²) in [6.45, 7) is 3.89. The van der Waals surface area contributed by atoms with Crippen molar-refractivity contribution in [2.75, 3.05) is 13.2 Å². The Hall–Kier alpha value is -1.88. The van der Waals surface area contributed by atoms with Crippen molar-refractivity contribution < 1.29 is 19.1 Å². The van der Waals surface area contributed by atoms with Gasteiger partial charge in [0, 0.05) is 12.1 Å². The van der Waals surface area contributed by atoms with Crippen LogP contribution in [0.25, 0.3) is 0 Å². The lowest BCUT2D eigenvalue weighted by Crippen LogP contribution is -2.41. The Morgan fingerprint density at radius 1 is 1.33 bits per heavy atom. The van der Waals surface area contributed by atoms with E-state index >= 15 is 0 Å². The monoisotopic (exact) mass is 289 g/mol. The highest BCUT2D eigenvalue weighted by Gasteiger charge is 2.35. The molecule has 1 fully saturated rings. The van der Waals surface area contributed by atoms with Crippen molar-refractivity contribution in [1.82, 2.24) is 4.90 Å². The van der Waals surface area contributed by atoms with Crippen molar-refractivity contribution in [2.45, 2.75) is 39.0 Å². The van der Waals surface area contributed by atoms with Gasteiger partial charge in [0.2, 0.25) is 0 Å². The molecule has 0 aliphatic carbocycles. The van der Waals surface area contributed by atoms with Crippen LogP contribution in [0, 0.1) is 0 Å². The molecule has 21 heavy (non-hydrogen) atoms. The molecule has 2 aliphatic heterocycles. The Morgan fingerprint density at radius 3 is 2.95 bits per heavy atom. The number of fused-ring (bicyclic) bond motifs is 1. The van der Waals surface area contributed by atoms with Crippen LogP contribution in [0.15, 0.2) is 18.2 Å². The van der Waals surface area contributed by atoms with Crippen molar-refractivity contribution in [3.8, 4) is 0 Å². The zero-order chi connectivity index (χ0) is 14.8. The standard InChI is InChI=1S/C16H19NO4/c1-2-21-16(19)14-4-3-7-17(14)15(18)11-5-6-12-9-20-10-13(12)8-11/h5-6,8,14H,2-4,7,9-10H2,1H3. The van der Waals surface area contributed by atoms with Gasteiger partial charge in [0.05, 0.1) is 19.8 Å². The van der Waals surface area contributed by atoms with Gasteiger partial charge in [0.15, 0.2) is 0 Å². The normalized spacial score (nSPS) is 20.4. The highest BCUT2D eigenvalue weighted by atomic mass is 16.5. The molecule has 3 rings (SSSR count). The molecular weight excluding hydrogens is 270 g/mol. The fourth-order valence-corrected chi connectivity index (χ4v) is 2.96. The first kappa shape index (κ1) is 14.1. The lowest BCUT2D eigenvalue weighted by molar-refractivity contribution is -0.147. The van der Waals surface area contributed by atoms with Gasteiger partial charge in [-0.15, -0.1) is 0 Å². The molecule has 1 aromatic carbocycles. The highest BCUT2D eigenvalue weighted by molar-refractivity contribution is 5.97. The van der Waals surface area contributed by atoms with E-state index in [-0.39, 0.29) is 11.9 Å². The largest absolute Gasteiger partial charge is 0.464 e. The summed E-state index contributed by atoms with van der Waals surface area (Å²) in [7, 11) is 0. The minimum Gasteiger partial charge on any atom is -0.464 e. The first-order valence-electron chi connectivity index (χ1n) is 7.38. The lowest BCUT2D eigenvalue weighted by atomic mass is 10.1. The quantitative estimate of drug-likeness (QED) is 0.797. The van der Waals surface area contributed by atoms with Gasteiger partial charge in [-0.3, -0.25) is 4.79 Å². The van der Waals surface area contributed by atoms with E-state index in [0.29, 0.717) is 38.3 Å². The van der Waals surface area contributed by atoms with Crippen molar-refractivity contribution in [1.29, 1.82) is 0 Å². The molecule has 0 radical (unpaired) electrons. The third kappa shape index (κ3) is 2.65. The summed E-state index contributed by atoms with van der Waals surface area (Å²) in [5.41, 5.74) is 2.82. The fourth-order valence-electron chi connectivity index (χ4n) is 2.96. The number of hydrogen-bond donors (Lipinski definition) is 0. The van der Waals surface area contributed by atoms with Crippen molar-refractivity contribution in [2.24, 2.45) is 0 Å². The highest BCUT2D eigenvalue weighted by Crippen LogP contribution is 2.25. The van der Waals surface area contributed by atoms with E-state index in [1.807, 2.05) is 18.2 Å². The summed E-state index contributed by atoms with van der Waals surface area (Å²) in [5.74, 6) is -0.395. The Labute approximate surface area is 123 Å². The second kappa shape index (κ2) is 5.85. The first-order chi connectivity index (χ1) is 10.2. The molecule has 2 aliphatic rings. The molecule has 0 aromatic heterocycles. The Kier molecular flexibility index (Phi) is 3.92. The van der Waals surface area contributed by atoms with Crippen molar-refractivity contribution >= 4 is 11.9 Å². The van der Waals surface area contributed by atoms with E-state index < -0.39 is 6.04 Å². The maximum Gasteiger partial charge on any atom is 0.328 e. The lowest BCUT2D eigenvalue weighted by Gasteiger charge is -2.23. The van der Waals surface area contributed by atoms with Crippen LogP contribution < -0.4 is 0 Å². The van der Waals surface area contributed by atoms with E-state index in [1.165, 1.54) is 0 Å². The zero-order valence-electron chi connectivity index (χ0n) is 12.1. The molecule has 1 aromatic rings. The van der Waals surface area contributed by atoms with Gasteiger partial charge in [0.1, 0.15) is 6.04 Å². The average molecular weight is 289 g/mol. The summed E-state index contributed by atoms with van der Waals surface area (Å²) in [6.07, 6.45) is 1.52. The number of rotatable bonds is 3. The summed E-state index contributed by atoms with van der Waals surface area (Å²) in [6, 6.07) is 5.19. The van der Waals surface area contributed by atoms with Crippen LogP contribution in [0.3, 0.4) is 0 Å². The number of likely N-dealkylation sites (tertiary alicyclic amines) is 1. The van der Waals surface area contributed by atoms with Gasteiger partial charge >= 0.3 is 5.97 Å². The first-order valence-corrected chi connectivity index (χ1v) is 7.38. The molecule has 0 bridgehead atoms. The molecule has 5 heteroatoms. The van der Waals surface area contributed by atoms with E-state index in [2.05, 4.69) is 0 Å². The summed E-state index contributed by atoms with van der Waals surface area (Å²) >= 11 is 0. The van der Waals surface area contributed by atoms with Crippen LogP contribution in [-0.2, 0) is 27.5 Å². The van der Waals surface area contributed by atoms with E-state index in [1.54, 1.807) is 11.8 Å². The summed E-state index contributed by atoms with van der Waals surface area (Å²) in [5, 5.41) is 0. The van der Waals surface area contributed by atoms with Crippen LogP contribution in [0.4, 0.5) is 0 Å². The van der Waals surface area contributed by atoms with Gasteiger partial charge in [-0.25, -0.2) is 4.79 Å². The van der Waals surface area contributed by atoms with Gasteiger partial charge in [-0.2, -0.15) is 0 Å². The van der Waals surface area contributed by atoms with Crippen LogP contribution in [0.5, 0.6) is 0 Å². The maximum atomic E-state index is 12.6. The number of esters is 1. The third-order valence-electron chi connectivity index (χ3n) is 4.04. The number of nitrogens with zero attached hydrogens (tertiary/aromatic N) is 1. The SMILES string of the molecule is CCOC(=O)C1CCCN1C(=O)c1ccc2c(c1)COC2. The molecular formula is C16H19NO4. The molecule has 0 spiro atoms. The molecule has 1 saturated heterocycles. The average Bonchev–Trinajstić information content (AvgIpc) is 3.14. The van der Waals surface area contributed by atoms with Crippen molar-refractivity contribution in [3.05, 3.63) is 34.9 Å². The molecule has 5 nitrogen and oxygen atoms in total. The van der Waals surface area contributed by atoms with Crippen LogP contribution >= 0.6 is 0 Å². The van der Waals surface area contributed by atoms with Gasteiger partial charge < -0.3 is 14.4 Å². The smallest absolute Gasteiger partial charge is 0.328 e. The predicted molar refractivity (Wildman–Crippen MR) is 75.6 cm³/mol. The number of ether oxygens (including phenoxy) is 2. The fraction of sp³-hybridized carbons (Fsp3) is 0.500. The molecule has 1 amide bonds. The van der Waals surface area contributed by atoms with E-state index in [4.69, 9.17) is 9.47 Å². The van der Waals surface area contributed by atoms with E-state index in [0.717, 1.165) is 17.5 Å². The Bertz CT molecular complexity index is 569. The topological polar surface area (TPSA) is 55.8 Å². The molecule has 0 N–H and O–H groups in total. The molecule has 0 saturated carbocycles. The van der Waals surface area contributed by atoms with Crippen LogP contribution in [0.1, 0.15) is 41.3 Å². The van der Waals surface area contributed by atoms with Crippen LogP contribution in [0.2, 0.25) is 0 Å². The maximum absolute atomic E-state index is 12.6. The third-order valence-corrected chi connectivity index (χ3v) is 4.04. The number of carbonyl (C=O) groups excluding carboxylic acids is 2. The predicted octanol–water partition coefficient (Wildman–Crippen LogP) is 1.88. The summed E-state index contributed by atoms with van der Waals surface area (Å²) in [4.78, 5) is 26.2. The zero-order valence-corrected chi connectivity index (χ0v) is 12.1. The second-order valence-corrected chi connectivity index (χ2v) is 5.38. The van der Waals surface area contributed by atoms with Gasteiger partial charge in [-0.1, -0.05) is 6.07 Å². The minimum atomic E-state index is -0.443. The number of benzene rings is 1. The molecule has 112 valence electrons. The second-order valence-electron chi connectivity index (χ2n) is 5.38. The molecule has 2 heterocycles.